The Hall–Kier alpha value is -4.08. The van der Waals surface area contributed by atoms with Gasteiger partial charge in [-0.3, -0.25) is 9.69 Å². The van der Waals surface area contributed by atoms with Crippen LogP contribution in [-0.2, 0) is 17.8 Å². The van der Waals surface area contributed by atoms with Crippen LogP contribution < -0.4 is 15.4 Å². The van der Waals surface area contributed by atoms with E-state index in [1.807, 2.05) is 49.1 Å². The van der Waals surface area contributed by atoms with Crippen LogP contribution in [0.1, 0.15) is 67.3 Å². The number of halogens is 2. The number of para-hydroxylation sites is 1. The first-order valence-corrected chi connectivity index (χ1v) is 14.6. The Bertz CT molecular complexity index is 1700. The highest BCUT2D eigenvalue weighted by molar-refractivity contribution is 6.32. The Morgan fingerprint density at radius 3 is 2.52 bits per heavy atom. The fourth-order valence-electron chi connectivity index (χ4n) is 6.25. The molecule has 42 heavy (non-hydrogen) atoms. The van der Waals surface area contributed by atoms with Crippen molar-refractivity contribution in [2.75, 3.05) is 4.90 Å². The average molecular weight is 584 g/mol. The monoisotopic (exact) mass is 583 g/mol. The molecule has 0 amide bonds. The highest BCUT2D eigenvalue weighted by Crippen LogP contribution is 2.51. The molecule has 2 aliphatic rings. The number of aryl methyl sites for hydroxylation is 3. The van der Waals surface area contributed by atoms with Crippen LogP contribution in [-0.4, -0.2) is 5.78 Å². The van der Waals surface area contributed by atoms with E-state index in [4.69, 9.17) is 22.1 Å². The maximum Gasteiger partial charge on any atom is 0.162 e. The van der Waals surface area contributed by atoms with Gasteiger partial charge in [-0.2, -0.15) is 5.26 Å². The Balaban J connectivity index is 1.67. The number of nitrogens with zero attached hydrogens (tertiary/aromatic N) is 2. The predicted octanol–water partition coefficient (Wildman–Crippen LogP) is 8.18. The fraction of sp³-hybridized carbons (Fsp3) is 0.314. The number of rotatable bonds is 6. The molecule has 3 aromatic carbocycles. The molecular weight excluding hydrogens is 549 g/mol. The first-order valence-electron chi connectivity index (χ1n) is 14.2. The van der Waals surface area contributed by atoms with Crippen molar-refractivity contribution in [3.8, 4) is 11.8 Å². The number of ketones is 1. The van der Waals surface area contributed by atoms with Gasteiger partial charge in [-0.15, -0.1) is 0 Å². The van der Waals surface area contributed by atoms with E-state index in [2.05, 4.69) is 32.9 Å². The van der Waals surface area contributed by atoms with Gasteiger partial charge in [0.2, 0.25) is 0 Å². The van der Waals surface area contributed by atoms with Gasteiger partial charge in [-0.1, -0.05) is 62.7 Å². The Labute approximate surface area is 252 Å². The zero-order valence-electron chi connectivity index (χ0n) is 24.6. The van der Waals surface area contributed by atoms with Gasteiger partial charge in [-0.25, -0.2) is 4.39 Å². The molecule has 0 spiro atoms. The summed E-state index contributed by atoms with van der Waals surface area (Å²) in [7, 11) is 0. The SMILES string of the molecule is CCc1ccccc1N1C(N)=C(C#N)C(c2cc(COc3ccc(F)cc3Cl)c(C)cc2C)C2=C1CC(C)(C)CC2=O. The van der Waals surface area contributed by atoms with Crippen molar-refractivity contribution in [1.29, 1.82) is 5.26 Å². The Morgan fingerprint density at radius 2 is 1.83 bits per heavy atom. The Kier molecular flexibility index (Phi) is 7.92. The summed E-state index contributed by atoms with van der Waals surface area (Å²) in [5, 5.41) is 10.8. The predicted molar refractivity (Wildman–Crippen MR) is 165 cm³/mol. The molecule has 0 aromatic heterocycles. The van der Waals surface area contributed by atoms with Crippen LogP contribution in [0.5, 0.6) is 5.75 Å². The van der Waals surface area contributed by atoms with Crippen LogP contribution in [0.3, 0.4) is 0 Å². The van der Waals surface area contributed by atoms with Crippen molar-refractivity contribution in [1.82, 2.24) is 0 Å². The summed E-state index contributed by atoms with van der Waals surface area (Å²) in [6.45, 7) is 10.4. The van der Waals surface area contributed by atoms with Crippen LogP contribution in [0.2, 0.25) is 5.02 Å². The van der Waals surface area contributed by atoms with Gasteiger partial charge in [0.25, 0.3) is 0 Å². The number of nitriles is 1. The number of benzene rings is 3. The van der Waals surface area contributed by atoms with E-state index in [9.17, 15) is 14.4 Å². The highest BCUT2D eigenvalue weighted by Gasteiger charge is 2.45. The van der Waals surface area contributed by atoms with E-state index >= 15 is 0 Å². The van der Waals surface area contributed by atoms with E-state index in [0.29, 0.717) is 35.6 Å². The minimum absolute atomic E-state index is 0.0290. The summed E-state index contributed by atoms with van der Waals surface area (Å²) >= 11 is 6.20. The molecule has 0 bridgehead atoms. The van der Waals surface area contributed by atoms with Crippen molar-refractivity contribution in [3.05, 3.63) is 116 Å². The molecule has 1 heterocycles. The minimum atomic E-state index is -0.604. The summed E-state index contributed by atoms with van der Waals surface area (Å²) in [6.07, 6.45) is 1.81. The molecule has 0 saturated heterocycles. The molecule has 1 aliphatic carbocycles. The molecule has 1 atom stereocenters. The molecule has 1 aliphatic heterocycles. The van der Waals surface area contributed by atoms with E-state index in [-0.39, 0.29) is 22.8 Å². The third-order valence-electron chi connectivity index (χ3n) is 8.31. The van der Waals surface area contributed by atoms with Crippen molar-refractivity contribution >= 4 is 23.1 Å². The van der Waals surface area contributed by atoms with Gasteiger partial charge < -0.3 is 10.5 Å². The third kappa shape index (κ3) is 5.30. The molecule has 216 valence electrons. The molecular formula is C35H35ClFN3O2. The standard InChI is InChI=1S/C35H35ClFN3O2/c1-6-22-9-7-8-10-28(22)40-29-16-35(4,5)17-30(41)33(29)32(26(18-38)34(40)39)25-14-23(20(2)13-21(25)3)19-42-31-12-11-24(37)15-27(31)36/h7-15,32H,6,16-17,19,39H2,1-5H3. The molecule has 0 fully saturated rings. The van der Waals surface area contributed by atoms with Gasteiger partial charge >= 0.3 is 0 Å². The van der Waals surface area contributed by atoms with Gasteiger partial charge in [0.1, 0.15) is 24.0 Å². The molecule has 5 nitrogen and oxygen atoms in total. The van der Waals surface area contributed by atoms with E-state index in [1.165, 1.54) is 18.2 Å². The van der Waals surface area contributed by atoms with Crippen LogP contribution in [0.25, 0.3) is 0 Å². The molecule has 2 N–H and O–H groups in total. The number of carbonyl (C=O) groups is 1. The number of hydrogen-bond donors (Lipinski definition) is 1. The van der Waals surface area contributed by atoms with Crippen LogP contribution in [0, 0.1) is 36.4 Å². The summed E-state index contributed by atoms with van der Waals surface area (Å²) < 4.78 is 19.5. The zero-order chi connectivity index (χ0) is 30.3. The van der Waals surface area contributed by atoms with Crippen molar-refractivity contribution in [3.63, 3.8) is 0 Å². The van der Waals surface area contributed by atoms with E-state index in [1.54, 1.807) is 0 Å². The van der Waals surface area contributed by atoms with Crippen LogP contribution in [0.4, 0.5) is 10.1 Å². The second kappa shape index (κ2) is 11.3. The fourth-order valence-corrected chi connectivity index (χ4v) is 6.48. The Morgan fingerprint density at radius 1 is 1.10 bits per heavy atom. The highest BCUT2D eigenvalue weighted by atomic mass is 35.5. The van der Waals surface area contributed by atoms with Crippen molar-refractivity contribution in [2.45, 2.75) is 66.4 Å². The summed E-state index contributed by atoms with van der Waals surface area (Å²) in [6, 6.07) is 18.5. The number of anilines is 1. The first-order chi connectivity index (χ1) is 20.0. The molecule has 1 unspecified atom stereocenters. The second-order valence-electron chi connectivity index (χ2n) is 12.0. The average Bonchev–Trinajstić information content (AvgIpc) is 2.92. The largest absolute Gasteiger partial charge is 0.487 e. The maximum atomic E-state index is 14.0. The third-order valence-corrected chi connectivity index (χ3v) is 8.60. The summed E-state index contributed by atoms with van der Waals surface area (Å²) in [5.41, 5.74) is 14.1. The number of Topliss-reactive ketones (excluding diaryl/α,β-unsaturated/α-hetero) is 1. The number of nitrogens with two attached hydrogens (primary N) is 1. The topological polar surface area (TPSA) is 79.3 Å². The normalized spacial score (nSPS) is 18.2. The van der Waals surface area contributed by atoms with Crippen LogP contribution >= 0.6 is 11.6 Å². The first kappa shape index (κ1) is 29.4. The number of allylic oxidation sites excluding steroid dienone is 3. The number of hydrogen-bond acceptors (Lipinski definition) is 5. The quantitative estimate of drug-likeness (QED) is 0.316. The maximum absolute atomic E-state index is 14.0. The minimum Gasteiger partial charge on any atom is -0.487 e. The lowest BCUT2D eigenvalue weighted by Gasteiger charge is -2.44. The summed E-state index contributed by atoms with van der Waals surface area (Å²) in [5.74, 6) is -0.289. The van der Waals surface area contributed by atoms with E-state index in [0.717, 1.165) is 45.6 Å². The van der Waals surface area contributed by atoms with Crippen LogP contribution in [0.15, 0.2) is 77.3 Å². The lowest BCUT2D eigenvalue weighted by molar-refractivity contribution is -0.118. The van der Waals surface area contributed by atoms with Gasteiger partial charge in [0.05, 0.1) is 28.3 Å². The molecule has 7 heteroatoms. The van der Waals surface area contributed by atoms with Gasteiger partial charge in [0, 0.05) is 17.7 Å². The molecule has 0 saturated carbocycles. The zero-order valence-corrected chi connectivity index (χ0v) is 25.4. The lowest BCUT2D eigenvalue weighted by Crippen LogP contribution is -2.42. The van der Waals surface area contributed by atoms with Gasteiger partial charge in [0.15, 0.2) is 5.78 Å². The molecule has 3 aromatic rings. The van der Waals surface area contributed by atoms with Gasteiger partial charge in [-0.05, 0) is 84.2 Å². The number of carbonyl (C=O) groups excluding carboxylic acids is 1. The van der Waals surface area contributed by atoms with Crippen molar-refractivity contribution in [2.24, 2.45) is 11.1 Å². The van der Waals surface area contributed by atoms with E-state index < -0.39 is 11.7 Å². The smallest absolute Gasteiger partial charge is 0.162 e. The number of ether oxygens (including phenoxy) is 1. The molecule has 5 rings (SSSR count). The molecule has 0 radical (unpaired) electrons. The summed E-state index contributed by atoms with van der Waals surface area (Å²) in [4.78, 5) is 16.0. The lowest BCUT2D eigenvalue weighted by atomic mass is 9.68. The van der Waals surface area contributed by atoms with Crippen molar-refractivity contribution < 1.29 is 13.9 Å². The second-order valence-corrected chi connectivity index (χ2v) is 12.4.